The lowest BCUT2D eigenvalue weighted by atomic mass is 9.90. The molecule has 1 fully saturated rings. The number of nitrogens with zero attached hydrogens (tertiary/aromatic N) is 3. The van der Waals surface area contributed by atoms with Gasteiger partial charge in [-0.1, -0.05) is 12.1 Å². The second kappa shape index (κ2) is 7.16. The summed E-state index contributed by atoms with van der Waals surface area (Å²) in [5.41, 5.74) is 3.67. The molecule has 5 nitrogen and oxygen atoms in total. The van der Waals surface area contributed by atoms with E-state index in [1.165, 1.54) is 0 Å². The van der Waals surface area contributed by atoms with Gasteiger partial charge in [0.1, 0.15) is 17.7 Å². The number of anilines is 1. The average molecular weight is 390 g/mol. The van der Waals surface area contributed by atoms with E-state index < -0.39 is 0 Å². The summed E-state index contributed by atoms with van der Waals surface area (Å²) >= 11 is 0. The maximum atomic E-state index is 14.0. The average Bonchev–Trinajstić information content (AvgIpc) is 3.36. The van der Waals surface area contributed by atoms with Crippen LogP contribution in [0.3, 0.4) is 0 Å². The summed E-state index contributed by atoms with van der Waals surface area (Å²) in [4.78, 5) is 6.94. The zero-order valence-corrected chi connectivity index (χ0v) is 16.4. The number of rotatable bonds is 3. The van der Waals surface area contributed by atoms with Gasteiger partial charge in [-0.15, -0.1) is 0 Å². The van der Waals surface area contributed by atoms with Crippen molar-refractivity contribution in [1.29, 1.82) is 5.26 Å². The number of pyridine rings is 1. The van der Waals surface area contributed by atoms with E-state index in [0.717, 1.165) is 66.7 Å². The van der Waals surface area contributed by atoms with Gasteiger partial charge in [0.15, 0.2) is 5.58 Å². The Balaban J connectivity index is 1.23. The molecule has 5 rings (SSSR count). The lowest BCUT2D eigenvalue weighted by molar-refractivity contribution is 0.151. The molecule has 0 spiro atoms. The largest absolute Gasteiger partial charge is 0.444 e. The number of aromatic nitrogens is 1. The third-order valence-electron chi connectivity index (χ3n) is 6.45. The van der Waals surface area contributed by atoms with Gasteiger partial charge in [0, 0.05) is 47.8 Å². The quantitative estimate of drug-likeness (QED) is 0.690. The number of hydrogen-bond donors (Lipinski definition) is 1. The summed E-state index contributed by atoms with van der Waals surface area (Å²) in [5.74, 6) is 1.10. The van der Waals surface area contributed by atoms with Crippen LogP contribution in [0.5, 0.6) is 0 Å². The first-order chi connectivity index (χ1) is 14.1. The number of nitrogens with one attached hydrogen (secondary N) is 1. The second-order valence-corrected chi connectivity index (χ2v) is 8.16. The predicted molar refractivity (Wildman–Crippen MR) is 109 cm³/mol. The first kappa shape index (κ1) is 18.1. The molecule has 0 radical (unpaired) electrons. The summed E-state index contributed by atoms with van der Waals surface area (Å²) in [6, 6.07) is 10.1. The van der Waals surface area contributed by atoms with Gasteiger partial charge < -0.3 is 9.73 Å². The van der Waals surface area contributed by atoms with E-state index in [1.807, 2.05) is 25.1 Å². The van der Waals surface area contributed by atoms with Crippen LogP contribution >= 0.6 is 0 Å². The van der Waals surface area contributed by atoms with Crippen molar-refractivity contribution in [3.8, 4) is 6.07 Å². The van der Waals surface area contributed by atoms with Gasteiger partial charge in [-0.2, -0.15) is 5.26 Å². The Kier molecular flexibility index (Phi) is 4.48. The van der Waals surface area contributed by atoms with Crippen molar-refractivity contribution >= 4 is 16.8 Å². The van der Waals surface area contributed by atoms with Gasteiger partial charge >= 0.3 is 0 Å². The Morgan fingerprint density at radius 1 is 1.24 bits per heavy atom. The van der Waals surface area contributed by atoms with E-state index in [2.05, 4.69) is 15.2 Å². The Morgan fingerprint density at radius 2 is 2.07 bits per heavy atom. The third kappa shape index (κ3) is 3.26. The molecule has 29 heavy (non-hydrogen) atoms. The molecule has 0 saturated heterocycles. The van der Waals surface area contributed by atoms with E-state index in [4.69, 9.17) is 9.68 Å². The highest BCUT2D eigenvalue weighted by atomic mass is 19.1. The number of aryl methyl sites for hydroxylation is 1. The molecule has 2 aliphatic rings. The van der Waals surface area contributed by atoms with Gasteiger partial charge in [0.25, 0.3) is 0 Å². The lowest BCUT2D eigenvalue weighted by Gasteiger charge is -2.35. The number of nitriles is 1. The molecule has 1 N–H and O–H groups in total. The molecule has 3 aromatic rings. The van der Waals surface area contributed by atoms with Crippen LogP contribution in [0.4, 0.5) is 10.2 Å². The van der Waals surface area contributed by atoms with Crippen molar-refractivity contribution in [1.82, 2.24) is 9.88 Å². The number of furan rings is 1. The molecule has 1 aromatic carbocycles. The third-order valence-corrected chi connectivity index (χ3v) is 6.45. The molecule has 1 saturated carbocycles. The normalized spacial score (nSPS) is 21.8. The summed E-state index contributed by atoms with van der Waals surface area (Å²) in [6.45, 7) is 3.59. The van der Waals surface area contributed by atoms with Crippen molar-refractivity contribution in [3.05, 3.63) is 58.7 Å². The minimum atomic E-state index is -0.0731. The highest BCUT2D eigenvalue weighted by Crippen LogP contribution is 2.34. The number of halogens is 1. The monoisotopic (exact) mass is 390 g/mol. The first-order valence-corrected chi connectivity index (χ1v) is 10.2. The smallest absolute Gasteiger partial charge is 0.204 e. The maximum absolute atomic E-state index is 14.0. The first-order valence-electron chi connectivity index (χ1n) is 10.2. The molecule has 148 valence electrons. The molecule has 1 aliphatic heterocycles. The Labute approximate surface area is 169 Å². The molecule has 0 unspecified atom stereocenters. The van der Waals surface area contributed by atoms with E-state index in [1.54, 1.807) is 18.3 Å². The molecule has 0 amide bonds. The molecule has 3 heterocycles. The fraction of sp³-hybridized carbons (Fsp3) is 0.391. The van der Waals surface area contributed by atoms with Crippen molar-refractivity contribution in [2.24, 2.45) is 0 Å². The minimum absolute atomic E-state index is 0.0731. The fourth-order valence-corrected chi connectivity index (χ4v) is 4.79. The van der Waals surface area contributed by atoms with Crippen LogP contribution < -0.4 is 5.32 Å². The summed E-state index contributed by atoms with van der Waals surface area (Å²) in [7, 11) is 0. The summed E-state index contributed by atoms with van der Waals surface area (Å²) in [5, 5.41) is 13.6. The zero-order valence-electron chi connectivity index (χ0n) is 16.4. The number of hydrogen-bond acceptors (Lipinski definition) is 5. The highest BCUT2D eigenvalue weighted by molar-refractivity contribution is 5.85. The summed E-state index contributed by atoms with van der Waals surface area (Å²) < 4.78 is 19.5. The van der Waals surface area contributed by atoms with Crippen LogP contribution in [0.2, 0.25) is 0 Å². The van der Waals surface area contributed by atoms with Gasteiger partial charge in [-0.05, 0) is 44.2 Å². The molecule has 0 bridgehead atoms. The Hall–Kier alpha value is -2.91. The second-order valence-electron chi connectivity index (χ2n) is 8.16. The molecule has 1 aliphatic carbocycles. The molecular formula is C23H23FN4O. The Bertz CT molecular complexity index is 1110. The molecule has 6 heteroatoms. The van der Waals surface area contributed by atoms with Crippen LogP contribution in [0.1, 0.15) is 48.1 Å². The maximum Gasteiger partial charge on any atom is 0.204 e. The van der Waals surface area contributed by atoms with Gasteiger partial charge in [0.2, 0.25) is 5.76 Å². The van der Waals surface area contributed by atoms with Crippen molar-refractivity contribution in [3.63, 3.8) is 0 Å². The van der Waals surface area contributed by atoms with E-state index >= 15 is 0 Å². The number of benzene rings is 1. The van der Waals surface area contributed by atoms with Crippen LogP contribution in [-0.4, -0.2) is 22.0 Å². The van der Waals surface area contributed by atoms with Crippen molar-refractivity contribution in [2.45, 2.75) is 57.8 Å². The molecule has 2 aromatic heterocycles. The zero-order chi connectivity index (χ0) is 20.0. The van der Waals surface area contributed by atoms with Crippen molar-refractivity contribution < 1.29 is 8.81 Å². The van der Waals surface area contributed by atoms with Crippen LogP contribution in [0.25, 0.3) is 11.0 Å². The topological polar surface area (TPSA) is 65.1 Å². The SMILES string of the molecule is Cc1c(NC2CCC(N3Cc4cccc(F)c4C3)CC2)ncc2oc(C#N)cc12. The predicted octanol–water partition coefficient (Wildman–Crippen LogP) is 4.89. The standard InChI is InChI=1S/C23H23FN4O/c1-14-19-9-18(10-25)29-22(19)11-26-23(14)27-16-5-7-17(8-6-16)28-12-15-3-2-4-21(24)20(15)13-28/h2-4,9,11,16-17H,5-8,12-13H2,1H3,(H,26,27). The van der Waals surface area contributed by atoms with Crippen molar-refractivity contribution in [2.75, 3.05) is 5.32 Å². The lowest BCUT2D eigenvalue weighted by Crippen LogP contribution is -2.37. The van der Waals surface area contributed by atoms with E-state index in [0.29, 0.717) is 23.4 Å². The summed E-state index contributed by atoms with van der Waals surface area (Å²) in [6.07, 6.45) is 6.01. The fourth-order valence-electron chi connectivity index (χ4n) is 4.79. The van der Waals surface area contributed by atoms with Gasteiger partial charge in [0.05, 0.1) is 6.20 Å². The highest BCUT2D eigenvalue weighted by Gasteiger charge is 2.31. The van der Waals surface area contributed by atoms with Gasteiger partial charge in [-0.25, -0.2) is 9.37 Å². The van der Waals surface area contributed by atoms with E-state index in [-0.39, 0.29) is 5.82 Å². The molecular weight excluding hydrogens is 367 g/mol. The number of fused-ring (bicyclic) bond motifs is 2. The van der Waals surface area contributed by atoms with E-state index in [9.17, 15) is 4.39 Å². The van der Waals surface area contributed by atoms with Crippen LogP contribution in [0.15, 0.2) is 34.9 Å². The van der Waals surface area contributed by atoms with Crippen LogP contribution in [-0.2, 0) is 13.1 Å². The minimum Gasteiger partial charge on any atom is -0.444 e. The van der Waals surface area contributed by atoms with Crippen LogP contribution in [0, 0.1) is 24.1 Å². The van der Waals surface area contributed by atoms with Gasteiger partial charge in [-0.3, -0.25) is 4.90 Å². The Morgan fingerprint density at radius 3 is 2.83 bits per heavy atom. The molecule has 0 atom stereocenters.